The van der Waals surface area contributed by atoms with E-state index in [1.54, 1.807) is 12.1 Å². The fourth-order valence-electron chi connectivity index (χ4n) is 2.03. The lowest BCUT2D eigenvalue weighted by molar-refractivity contribution is 0.613. The highest BCUT2D eigenvalue weighted by molar-refractivity contribution is 6.30. The van der Waals surface area contributed by atoms with Crippen LogP contribution in [0.4, 0.5) is 10.1 Å². The number of anilines is 1. The minimum absolute atomic E-state index is 0.274. The van der Waals surface area contributed by atoms with Gasteiger partial charge < -0.3 is 5.32 Å². The summed E-state index contributed by atoms with van der Waals surface area (Å²) in [6.45, 7) is 2.65. The number of nitrogens with one attached hydrogen (secondary N) is 1. The Hall–Kier alpha value is -1.54. The molecule has 0 aliphatic heterocycles. The summed E-state index contributed by atoms with van der Waals surface area (Å²) in [4.78, 5) is 0. The molecule has 0 radical (unpaired) electrons. The predicted octanol–water partition coefficient (Wildman–Crippen LogP) is 5.43. The van der Waals surface area contributed by atoms with Crippen LogP contribution in [-0.4, -0.2) is 0 Å². The third-order valence-electron chi connectivity index (χ3n) is 3.27. The van der Waals surface area contributed by atoms with Crippen LogP contribution in [0.15, 0.2) is 42.5 Å². The lowest BCUT2D eigenvalue weighted by atomic mass is 10.1. The molecule has 0 atom stereocenters. The molecule has 0 heterocycles. The Bertz CT molecular complexity index is 551. The van der Waals surface area contributed by atoms with Gasteiger partial charge in [-0.25, -0.2) is 4.39 Å². The standard InChI is InChI=1S/C17H19ClFN/c1-2-3-4-13-5-9-16(10-6-13)20-12-14-7-8-15(18)11-17(14)19/h5-11,20H,2-4,12H2,1H3. The molecule has 0 aliphatic rings. The van der Waals surface area contributed by atoms with Crippen LogP contribution in [0, 0.1) is 5.82 Å². The lowest BCUT2D eigenvalue weighted by Crippen LogP contribution is -2.01. The van der Waals surface area contributed by atoms with Crippen molar-refractivity contribution in [3.8, 4) is 0 Å². The summed E-state index contributed by atoms with van der Waals surface area (Å²) in [5.74, 6) is -0.274. The van der Waals surface area contributed by atoms with E-state index in [1.807, 2.05) is 12.1 Å². The molecule has 2 aromatic carbocycles. The molecule has 0 aromatic heterocycles. The van der Waals surface area contributed by atoms with E-state index >= 15 is 0 Å². The Morgan fingerprint density at radius 3 is 2.50 bits per heavy atom. The van der Waals surface area contributed by atoms with Gasteiger partial charge in [0.25, 0.3) is 0 Å². The third kappa shape index (κ3) is 4.24. The van der Waals surface area contributed by atoms with Crippen molar-refractivity contribution in [2.24, 2.45) is 0 Å². The average molecular weight is 292 g/mol. The van der Waals surface area contributed by atoms with Gasteiger partial charge in [0.1, 0.15) is 5.82 Å². The molecule has 0 unspecified atom stereocenters. The number of unbranched alkanes of at least 4 members (excludes halogenated alkanes) is 1. The first-order chi connectivity index (χ1) is 9.69. The summed E-state index contributed by atoms with van der Waals surface area (Å²) in [6.07, 6.45) is 3.53. The van der Waals surface area contributed by atoms with Gasteiger partial charge in [-0.1, -0.05) is 43.1 Å². The molecule has 0 saturated heterocycles. The zero-order valence-corrected chi connectivity index (χ0v) is 12.4. The highest BCUT2D eigenvalue weighted by Gasteiger charge is 2.02. The Morgan fingerprint density at radius 2 is 1.85 bits per heavy atom. The zero-order valence-electron chi connectivity index (χ0n) is 11.6. The molecule has 2 aromatic rings. The number of halogens is 2. The van der Waals surface area contributed by atoms with E-state index in [0.29, 0.717) is 17.1 Å². The summed E-state index contributed by atoms with van der Waals surface area (Å²) in [5.41, 5.74) is 2.96. The van der Waals surface area contributed by atoms with Crippen molar-refractivity contribution in [1.82, 2.24) is 0 Å². The minimum atomic E-state index is -0.274. The van der Waals surface area contributed by atoms with E-state index in [9.17, 15) is 4.39 Å². The second-order valence-corrected chi connectivity index (χ2v) is 5.33. The first kappa shape index (κ1) is 14.9. The quantitative estimate of drug-likeness (QED) is 0.748. The van der Waals surface area contributed by atoms with Crippen LogP contribution in [0.2, 0.25) is 5.02 Å². The normalized spacial score (nSPS) is 10.6. The maximum absolute atomic E-state index is 13.6. The summed E-state index contributed by atoms with van der Waals surface area (Å²) in [5, 5.41) is 3.64. The van der Waals surface area contributed by atoms with Gasteiger partial charge in [-0.2, -0.15) is 0 Å². The number of hydrogen-bond donors (Lipinski definition) is 1. The second-order valence-electron chi connectivity index (χ2n) is 4.89. The molecular formula is C17H19ClFN. The zero-order chi connectivity index (χ0) is 14.4. The predicted molar refractivity (Wildman–Crippen MR) is 83.8 cm³/mol. The van der Waals surface area contributed by atoms with Crippen LogP contribution in [0.5, 0.6) is 0 Å². The van der Waals surface area contributed by atoms with Crippen molar-refractivity contribution >= 4 is 17.3 Å². The van der Waals surface area contributed by atoms with E-state index in [2.05, 4.69) is 24.4 Å². The Kier molecular flexibility index (Phi) is 5.42. The fraction of sp³-hybridized carbons (Fsp3) is 0.294. The second kappa shape index (κ2) is 7.30. The number of benzene rings is 2. The van der Waals surface area contributed by atoms with Crippen LogP contribution in [0.1, 0.15) is 30.9 Å². The molecule has 0 fully saturated rings. The van der Waals surface area contributed by atoms with Gasteiger partial charge in [0.15, 0.2) is 0 Å². The Morgan fingerprint density at radius 1 is 1.10 bits per heavy atom. The average Bonchev–Trinajstić information content (AvgIpc) is 2.45. The molecule has 0 amide bonds. The van der Waals surface area contributed by atoms with Crippen molar-refractivity contribution in [3.05, 3.63) is 64.4 Å². The lowest BCUT2D eigenvalue weighted by Gasteiger charge is -2.08. The van der Waals surface area contributed by atoms with E-state index < -0.39 is 0 Å². The highest BCUT2D eigenvalue weighted by atomic mass is 35.5. The van der Waals surface area contributed by atoms with Crippen LogP contribution in [0.25, 0.3) is 0 Å². The van der Waals surface area contributed by atoms with E-state index in [-0.39, 0.29) is 5.82 Å². The van der Waals surface area contributed by atoms with E-state index in [1.165, 1.54) is 24.5 Å². The molecule has 106 valence electrons. The largest absolute Gasteiger partial charge is 0.381 e. The molecule has 0 spiro atoms. The van der Waals surface area contributed by atoms with Gasteiger partial charge in [0.05, 0.1) is 0 Å². The molecule has 20 heavy (non-hydrogen) atoms. The number of hydrogen-bond acceptors (Lipinski definition) is 1. The number of aryl methyl sites for hydroxylation is 1. The molecule has 1 nitrogen and oxygen atoms in total. The Labute approximate surface area is 124 Å². The molecular weight excluding hydrogens is 273 g/mol. The first-order valence-corrected chi connectivity index (χ1v) is 7.33. The van der Waals surface area contributed by atoms with Crippen LogP contribution >= 0.6 is 11.6 Å². The summed E-state index contributed by atoms with van der Waals surface area (Å²) < 4.78 is 13.6. The van der Waals surface area contributed by atoms with Crippen molar-refractivity contribution in [2.75, 3.05) is 5.32 Å². The fourth-order valence-corrected chi connectivity index (χ4v) is 2.19. The number of rotatable bonds is 6. The van der Waals surface area contributed by atoms with E-state index in [0.717, 1.165) is 12.1 Å². The van der Waals surface area contributed by atoms with Crippen LogP contribution < -0.4 is 5.32 Å². The molecule has 0 bridgehead atoms. The van der Waals surface area contributed by atoms with Crippen molar-refractivity contribution in [1.29, 1.82) is 0 Å². The van der Waals surface area contributed by atoms with Gasteiger partial charge in [-0.05, 0) is 42.7 Å². The smallest absolute Gasteiger partial charge is 0.129 e. The summed E-state index contributed by atoms with van der Waals surface area (Å²) in [7, 11) is 0. The van der Waals surface area contributed by atoms with E-state index in [4.69, 9.17) is 11.6 Å². The van der Waals surface area contributed by atoms with Crippen LogP contribution in [0.3, 0.4) is 0 Å². The molecule has 0 saturated carbocycles. The first-order valence-electron chi connectivity index (χ1n) is 6.96. The SMILES string of the molecule is CCCCc1ccc(NCc2ccc(Cl)cc2F)cc1. The molecule has 3 heteroatoms. The molecule has 0 aliphatic carbocycles. The maximum atomic E-state index is 13.6. The van der Waals surface area contributed by atoms with Gasteiger partial charge in [0, 0.05) is 22.8 Å². The van der Waals surface area contributed by atoms with Crippen LogP contribution in [-0.2, 0) is 13.0 Å². The third-order valence-corrected chi connectivity index (χ3v) is 3.51. The van der Waals surface area contributed by atoms with Gasteiger partial charge in [-0.3, -0.25) is 0 Å². The topological polar surface area (TPSA) is 12.0 Å². The summed E-state index contributed by atoms with van der Waals surface area (Å²) in [6, 6.07) is 13.1. The highest BCUT2D eigenvalue weighted by Crippen LogP contribution is 2.17. The molecule has 1 N–H and O–H groups in total. The van der Waals surface area contributed by atoms with Crippen molar-refractivity contribution < 1.29 is 4.39 Å². The van der Waals surface area contributed by atoms with Gasteiger partial charge >= 0.3 is 0 Å². The maximum Gasteiger partial charge on any atom is 0.129 e. The minimum Gasteiger partial charge on any atom is -0.381 e. The molecule has 2 rings (SSSR count). The van der Waals surface area contributed by atoms with Gasteiger partial charge in [-0.15, -0.1) is 0 Å². The monoisotopic (exact) mass is 291 g/mol. The van der Waals surface area contributed by atoms with Gasteiger partial charge in [0.2, 0.25) is 0 Å². The summed E-state index contributed by atoms with van der Waals surface area (Å²) >= 11 is 5.73. The van der Waals surface area contributed by atoms with Crippen molar-refractivity contribution in [2.45, 2.75) is 32.7 Å². The Balaban J connectivity index is 1.93. The van der Waals surface area contributed by atoms with Crippen molar-refractivity contribution in [3.63, 3.8) is 0 Å².